The molecule has 0 radical (unpaired) electrons. The molecule has 0 amide bonds. The molecule has 0 aliphatic carbocycles. The van der Waals surface area contributed by atoms with Gasteiger partial charge in [0.25, 0.3) is 0 Å². The van der Waals surface area contributed by atoms with Crippen LogP contribution in [0, 0.1) is 41.7 Å². The maximum atomic E-state index is 8.56. The molecule has 0 unspecified atom stereocenters. The van der Waals surface area contributed by atoms with E-state index in [1.807, 2.05) is 0 Å². The monoisotopic (exact) mass is 498 g/mol. The van der Waals surface area contributed by atoms with E-state index in [2.05, 4.69) is 0 Å². The third-order valence-corrected chi connectivity index (χ3v) is 0. The second-order valence-electron chi connectivity index (χ2n) is 0.283. The van der Waals surface area contributed by atoms with Gasteiger partial charge >= 0.3 is 168 Å². The normalized spacial score (nSPS) is 2.67. The summed E-state index contributed by atoms with van der Waals surface area (Å²) in [6, 6.07) is 0. The Balaban J connectivity index is -0.000000000682. The Labute approximate surface area is 227 Å². The van der Waals surface area contributed by atoms with Gasteiger partial charge in [-0.15, -0.1) is 0 Å². The van der Waals surface area contributed by atoms with Crippen molar-refractivity contribution in [2.75, 3.05) is 0 Å². The maximum absolute atomic E-state index is 8.56. The van der Waals surface area contributed by atoms with E-state index in [0.29, 0.717) is 0 Å². The van der Waals surface area contributed by atoms with Crippen LogP contribution < -0.4 is 29.6 Å². The van der Waals surface area contributed by atoms with Crippen LogP contribution in [0.25, 0.3) is 0 Å². The van der Waals surface area contributed by atoms with Crippen LogP contribution in [-0.2, 0) is 0 Å². The van der Waals surface area contributed by atoms with E-state index < -0.39 is 6.16 Å². The minimum atomic E-state index is -1.83. The zero-order valence-corrected chi connectivity index (χ0v) is 20.7. The molecule has 0 bridgehead atoms. The number of carboxylic acid groups (broad SMARTS) is 2. The molecule has 0 aliphatic rings. The van der Waals surface area contributed by atoms with E-state index in [9.17, 15) is 0 Å². The third kappa shape index (κ3) is 56.2. The Morgan fingerprint density at radius 2 is 1.33 bits per heavy atom. The summed E-state index contributed by atoms with van der Waals surface area (Å²) in [4.78, 5) is 8.56. The van der Waals surface area contributed by atoms with Crippen LogP contribution in [0.15, 0.2) is 0 Å². The first kappa shape index (κ1) is 36.3. The van der Waals surface area contributed by atoms with Crippen LogP contribution in [0.2, 0.25) is 0 Å². The van der Waals surface area contributed by atoms with Gasteiger partial charge in [-0.1, -0.05) is 0 Å². The van der Waals surface area contributed by atoms with Crippen LogP contribution in [0.5, 0.6) is 0 Å². The summed E-state index contributed by atoms with van der Waals surface area (Å²) in [6.07, 6.45) is -1.83. The predicted molar refractivity (Wildman–Crippen MR) is 35.7 cm³/mol. The minimum absolute atomic E-state index is 0. The number of carbonyl (C=O) groups is 1. The summed E-state index contributed by atoms with van der Waals surface area (Å²) in [5.41, 5.74) is 0. The predicted octanol–water partition coefficient (Wildman–Crippen LogP) is -3.13. The average molecular weight is 497 g/mol. The number of hydrogen-bond acceptors (Lipinski definition) is 1. The zero-order valence-electron chi connectivity index (χ0n) is 12.4. The topological polar surface area (TPSA) is 57.5 Å². The van der Waals surface area contributed by atoms with Gasteiger partial charge in [0.1, 0.15) is 0 Å². The Morgan fingerprint density at radius 3 is 1.33 bits per heavy atom. The molecule has 0 saturated carbocycles. The van der Waals surface area contributed by atoms with E-state index in [4.69, 9.17) is 15.0 Å². The molecule has 2 N–H and O–H groups in total. The van der Waals surface area contributed by atoms with Crippen molar-refractivity contribution in [2.45, 2.75) is 0 Å². The summed E-state index contributed by atoms with van der Waals surface area (Å²) in [5.74, 6) is 0. The first-order valence-corrected chi connectivity index (χ1v) is 0.651. The van der Waals surface area contributed by atoms with E-state index in [1.54, 1.807) is 0 Å². The Morgan fingerprint density at radius 1 is 1.33 bits per heavy atom. The second-order valence-corrected chi connectivity index (χ2v) is 0.283. The molecule has 9 heavy (non-hydrogen) atoms. The minimum Gasteiger partial charge on any atom is -1.00 e. The van der Waals surface area contributed by atoms with Crippen molar-refractivity contribution in [1.29, 1.82) is 0 Å². The van der Waals surface area contributed by atoms with Gasteiger partial charge in [-0.2, -0.15) is 0 Å². The molecule has 0 rings (SSSR count). The van der Waals surface area contributed by atoms with Gasteiger partial charge in [-0.25, -0.2) is 4.79 Å². The van der Waals surface area contributed by atoms with Gasteiger partial charge in [0.15, 0.2) is 0 Å². The van der Waals surface area contributed by atoms with Crippen molar-refractivity contribution in [3.8, 4) is 0 Å². The van der Waals surface area contributed by atoms with Crippen molar-refractivity contribution >= 4 is 138 Å². The fraction of sp³-hybridized carbons (Fsp3) is 0. The molecule has 42 valence electrons. The summed E-state index contributed by atoms with van der Waals surface area (Å²) >= 11 is 0. The molecule has 0 fully saturated rings. The first-order chi connectivity index (χ1) is 1.73. The zero-order chi connectivity index (χ0) is 3.58. The van der Waals surface area contributed by atoms with Crippen LogP contribution in [0.3, 0.4) is 0 Å². The summed E-state index contributed by atoms with van der Waals surface area (Å²) < 4.78 is 0. The fourth-order valence-corrected chi connectivity index (χ4v) is 0. The van der Waals surface area contributed by atoms with Crippen LogP contribution in [0.4, 0.5) is 4.79 Å². The summed E-state index contributed by atoms with van der Waals surface area (Å²) in [7, 11) is 0. The third-order valence-electron chi connectivity index (χ3n) is 0. The molecule has 0 aromatic heterocycles. The smallest absolute Gasteiger partial charge is 1.00 e. The van der Waals surface area contributed by atoms with E-state index >= 15 is 0 Å². The molecular weight excluding hydrogens is 488 g/mol. The van der Waals surface area contributed by atoms with E-state index in [0.717, 1.165) is 0 Å². The Kier molecular flexibility index (Phi) is 118. The summed E-state index contributed by atoms with van der Waals surface area (Å²) in [6.45, 7) is 0. The van der Waals surface area contributed by atoms with Crippen molar-refractivity contribution in [1.82, 2.24) is 0 Å². The molecule has 0 aliphatic heterocycles. The van der Waals surface area contributed by atoms with E-state index in [1.165, 1.54) is 0 Å². The molecular formula is CH9BaCaCeNaO3Sr. The van der Waals surface area contributed by atoms with Gasteiger partial charge in [-0.3, -0.25) is 0 Å². The van der Waals surface area contributed by atoms with Crippen LogP contribution in [-0.4, -0.2) is 148 Å². The molecule has 0 saturated heterocycles. The van der Waals surface area contributed by atoms with Crippen LogP contribution in [0.1, 0.15) is 9.99 Å². The van der Waals surface area contributed by atoms with E-state index in [-0.39, 0.29) is 213 Å². The maximum Gasteiger partial charge on any atom is 2.00 e. The Bertz CT molecular complexity index is 62.6. The summed E-state index contributed by atoms with van der Waals surface area (Å²) in [5, 5.41) is 13.9. The standard InChI is InChI=1S/CH2O3.Ba.Ca.Ce.Na.Sr.7H/c2-1(3)4;;;;;;;;;;;;/h(H2,2,3,4);;;;;;;;;;;;/q;2*+2;;+1;+2;7*-1. The van der Waals surface area contributed by atoms with Crippen LogP contribution >= 0.6 is 0 Å². The fourth-order valence-electron chi connectivity index (χ4n) is 0. The largest absolute Gasteiger partial charge is 2.00 e. The quantitative estimate of drug-likeness (QED) is 0.349. The van der Waals surface area contributed by atoms with Crippen molar-refractivity contribution in [3.63, 3.8) is 0 Å². The molecule has 0 aromatic rings. The SMILES string of the molecule is O=C(O)O.[Ba+2].[Ca+2].[Ce].[H-].[H-].[H-].[H-].[H-].[H-].[H-].[Na+].[Sr+2]. The van der Waals surface area contributed by atoms with Gasteiger partial charge in [0.05, 0.1) is 0 Å². The van der Waals surface area contributed by atoms with Gasteiger partial charge in [-0.05, 0) is 0 Å². The molecule has 0 atom stereocenters. The molecule has 0 heterocycles. The Hall–Kier alpha value is 5.96. The second kappa shape index (κ2) is 29.2. The first-order valence-electron chi connectivity index (χ1n) is 0.651. The molecule has 8 heteroatoms. The van der Waals surface area contributed by atoms with Crippen molar-refractivity contribution < 1.29 is 96.3 Å². The number of rotatable bonds is 0. The van der Waals surface area contributed by atoms with Crippen molar-refractivity contribution in [2.24, 2.45) is 0 Å². The number of hydrogen-bond donors (Lipinski definition) is 2. The molecule has 3 nitrogen and oxygen atoms in total. The average Bonchev–Trinajstić information content (AvgIpc) is 0.811. The van der Waals surface area contributed by atoms with Crippen molar-refractivity contribution in [3.05, 3.63) is 0 Å². The van der Waals surface area contributed by atoms with Gasteiger partial charge < -0.3 is 20.2 Å². The molecule has 0 aromatic carbocycles. The van der Waals surface area contributed by atoms with Gasteiger partial charge in [0, 0.05) is 41.7 Å². The molecule has 0 spiro atoms. The van der Waals surface area contributed by atoms with Gasteiger partial charge in [0.2, 0.25) is 0 Å².